The normalized spacial score (nSPS) is 18.7. The topological polar surface area (TPSA) is 0 Å². The van der Waals surface area contributed by atoms with Gasteiger partial charge in [-0.3, -0.25) is 0 Å². The fourth-order valence-corrected chi connectivity index (χ4v) is 2.79. The number of rotatable bonds is 2. The Labute approximate surface area is 102 Å². The second-order valence-corrected chi connectivity index (χ2v) is 5.43. The summed E-state index contributed by atoms with van der Waals surface area (Å²) in [5, 5.41) is 1.02. The van der Waals surface area contributed by atoms with Crippen molar-refractivity contribution in [3.63, 3.8) is 0 Å². The molecule has 1 aliphatic carbocycles. The maximum absolute atomic E-state index is 6.49. The summed E-state index contributed by atoms with van der Waals surface area (Å²) in [5.74, 6) is 0.672. The van der Waals surface area contributed by atoms with Crippen LogP contribution in [0, 0.1) is 19.8 Å². The molecule has 82 valence electrons. The molecule has 1 unspecified atom stereocenters. The smallest absolute Gasteiger partial charge is 0.0616 e. The largest absolute Gasteiger partial charge is 0.118 e. The van der Waals surface area contributed by atoms with E-state index in [0.717, 1.165) is 10.6 Å². The lowest BCUT2D eigenvalue weighted by atomic mass is 9.79. The molecule has 2 heteroatoms. The molecular formula is C13H16Cl2. The van der Waals surface area contributed by atoms with Gasteiger partial charge < -0.3 is 0 Å². The molecule has 1 atom stereocenters. The molecule has 1 aromatic rings. The predicted octanol–water partition coefficient (Wildman–Crippen LogP) is 5.04. The summed E-state index contributed by atoms with van der Waals surface area (Å²) >= 11 is 12.6. The Kier molecular flexibility index (Phi) is 3.27. The fourth-order valence-electron chi connectivity index (χ4n) is 2.09. The van der Waals surface area contributed by atoms with Gasteiger partial charge in [-0.25, -0.2) is 0 Å². The van der Waals surface area contributed by atoms with Crippen LogP contribution in [0.4, 0.5) is 0 Å². The van der Waals surface area contributed by atoms with E-state index in [0.29, 0.717) is 5.92 Å². The lowest BCUT2D eigenvalue weighted by Gasteiger charge is -2.31. The monoisotopic (exact) mass is 242 g/mol. The van der Waals surface area contributed by atoms with Crippen LogP contribution in [-0.2, 0) is 0 Å². The molecule has 0 nitrogen and oxygen atoms in total. The first-order valence-electron chi connectivity index (χ1n) is 5.50. The molecule has 1 saturated carbocycles. The van der Waals surface area contributed by atoms with Gasteiger partial charge in [0.1, 0.15) is 0 Å². The Bertz CT molecular complexity index is 367. The van der Waals surface area contributed by atoms with Gasteiger partial charge in [0.15, 0.2) is 0 Å². The molecule has 1 aromatic carbocycles. The van der Waals surface area contributed by atoms with Gasteiger partial charge in [-0.1, -0.05) is 24.1 Å². The molecule has 1 fully saturated rings. The van der Waals surface area contributed by atoms with Crippen LogP contribution in [0.2, 0.25) is 5.02 Å². The van der Waals surface area contributed by atoms with Crippen molar-refractivity contribution in [2.75, 3.05) is 0 Å². The minimum Gasteiger partial charge on any atom is -0.118 e. The van der Waals surface area contributed by atoms with Crippen molar-refractivity contribution >= 4 is 23.2 Å². The number of benzene rings is 1. The van der Waals surface area contributed by atoms with E-state index in [1.54, 1.807) is 0 Å². The molecule has 2 rings (SSSR count). The maximum atomic E-state index is 6.49. The molecular weight excluding hydrogens is 227 g/mol. The Morgan fingerprint density at radius 2 is 1.87 bits per heavy atom. The van der Waals surface area contributed by atoms with Crippen LogP contribution in [0.3, 0.4) is 0 Å². The summed E-state index contributed by atoms with van der Waals surface area (Å²) in [6.07, 6.45) is 3.88. The molecule has 0 N–H and O–H groups in total. The number of halogens is 2. The van der Waals surface area contributed by atoms with Gasteiger partial charge in [0.2, 0.25) is 0 Å². The average molecular weight is 243 g/mol. The summed E-state index contributed by atoms with van der Waals surface area (Å²) in [4.78, 5) is 0. The van der Waals surface area contributed by atoms with Crippen LogP contribution in [0.1, 0.15) is 41.3 Å². The maximum Gasteiger partial charge on any atom is 0.0616 e. The zero-order chi connectivity index (χ0) is 11.0. The number of hydrogen-bond donors (Lipinski definition) is 0. The molecule has 0 saturated heterocycles. The Morgan fingerprint density at radius 3 is 2.40 bits per heavy atom. The minimum atomic E-state index is 0.176. The second kappa shape index (κ2) is 4.35. The zero-order valence-electron chi connectivity index (χ0n) is 9.19. The van der Waals surface area contributed by atoms with Crippen LogP contribution in [0.15, 0.2) is 12.1 Å². The van der Waals surface area contributed by atoms with E-state index in [-0.39, 0.29) is 5.38 Å². The highest BCUT2D eigenvalue weighted by Gasteiger charge is 2.27. The second-order valence-electron chi connectivity index (χ2n) is 4.55. The molecule has 0 aliphatic heterocycles. The quantitative estimate of drug-likeness (QED) is 0.638. The lowest BCUT2D eigenvalue weighted by Crippen LogP contribution is -2.17. The zero-order valence-corrected chi connectivity index (χ0v) is 10.7. The van der Waals surface area contributed by atoms with E-state index in [2.05, 4.69) is 13.0 Å². The standard InChI is InChI=1S/C13H16Cl2/c1-8-7-12(14)9(2)6-11(8)13(15)10-4-3-5-10/h6-7,10,13H,3-5H2,1-2H3. The van der Waals surface area contributed by atoms with Gasteiger partial charge in [-0.05, 0) is 55.4 Å². The highest BCUT2D eigenvalue weighted by molar-refractivity contribution is 6.31. The number of hydrogen-bond acceptors (Lipinski definition) is 0. The number of aryl methyl sites for hydroxylation is 2. The lowest BCUT2D eigenvalue weighted by molar-refractivity contribution is 0.305. The van der Waals surface area contributed by atoms with Crippen LogP contribution < -0.4 is 0 Å². The molecule has 0 radical (unpaired) electrons. The molecule has 0 aromatic heterocycles. The SMILES string of the molecule is Cc1cc(C(Cl)C2CCC2)c(C)cc1Cl. The Hall–Kier alpha value is -0.200. The van der Waals surface area contributed by atoms with Crippen molar-refractivity contribution in [2.24, 2.45) is 5.92 Å². The van der Waals surface area contributed by atoms with Crippen LogP contribution in [0.5, 0.6) is 0 Å². The van der Waals surface area contributed by atoms with E-state index in [9.17, 15) is 0 Å². The third-order valence-electron chi connectivity index (χ3n) is 3.41. The first-order chi connectivity index (χ1) is 7.09. The average Bonchev–Trinajstić information content (AvgIpc) is 2.08. The molecule has 0 amide bonds. The summed E-state index contributed by atoms with van der Waals surface area (Å²) in [6, 6.07) is 4.17. The predicted molar refractivity (Wildman–Crippen MR) is 66.9 cm³/mol. The minimum absolute atomic E-state index is 0.176. The third kappa shape index (κ3) is 2.16. The van der Waals surface area contributed by atoms with Crippen LogP contribution >= 0.6 is 23.2 Å². The highest BCUT2D eigenvalue weighted by atomic mass is 35.5. The van der Waals surface area contributed by atoms with Crippen molar-refractivity contribution in [2.45, 2.75) is 38.5 Å². The van der Waals surface area contributed by atoms with Crippen molar-refractivity contribution < 1.29 is 0 Å². The van der Waals surface area contributed by atoms with E-state index in [1.807, 2.05) is 13.0 Å². The van der Waals surface area contributed by atoms with Gasteiger partial charge in [0.05, 0.1) is 5.38 Å². The first-order valence-corrected chi connectivity index (χ1v) is 6.31. The molecule has 0 bridgehead atoms. The van der Waals surface area contributed by atoms with Gasteiger partial charge >= 0.3 is 0 Å². The molecule has 0 spiro atoms. The fraction of sp³-hybridized carbons (Fsp3) is 0.538. The first kappa shape index (κ1) is 11.3. The summed E-state index contributed by atoms with van der Waals surface area (Å²) in [5.41, 5.74) is 3.61. The van der Waals surface area contributed by atoms with E-state index in [1.165, 1.54) is 30.4 Å². The summed E-state index contributed by atoms with van der Waals surface area (Å²) < 4.78 is 0. The van der Waals surface area contributed by atoms with E-state index in [4.69, 9.17) is 23.2 Å². The van der Waals surface area contributed by atoms with Gasteiger partial charge in [-0.15, -0.1) is 11.6 Å². The molecule has 15 heavy (non-hydrogen) atoms. The number of alkyl halides is 1. The van der Waals surface area contributed by atoms with E-state index >= 15 is 0 Å². The van der Waals surface area contributed by atoms with Gasteiger partial charge in [0, 0.05) is 5.02 Å². The Morgan fingerprint density at radius 1 is 1.20 bits per heavy atom. The van der Waals surface area contributed by atoms with Gasteiger partial charge in [0.25, 0.3) is 0 Å². The van der Waals surface area contributed by atoms with Gasteiger partial charge in [-0.2, -0.15) is 0 Å². The van der Waals surface area contributed by atoms with Crippen molar-refractivity contribution in [1.82, 2.24) is 0 Å². The highest BCUT2D eigenvalue weighted by Crippen LogP contribution is 2.43. The van der Waals surface area contributed by atoms with Crippen molar-refractivity contribution in [3.8, 4) is 0 Å². The third-order valence-corrected chi connectivity index (χ3v) is 4.41. The summed E-state index contributed by atoms with van der Waals surface area (Å²) in [7, 11) is 0. The van der Waals surface area contributed by atoms with Crippen molar-refractivity contribution in [3.05, 3.63) is 33.8 Å². The Balaban J connectivity index is 2.30. The van der Waals surface area contributed by atoms with Crippen molar-refractivity contribution in [1.29, 1.82) is 0 Å². The summed E-state index contributed by atoms with van der Waals surface area (Å²) in [6.45, 7) is 4.13. The molecule has 1 aliphatic rings. The molecule has 0 heterocycles. The van der Waals surface area contributed by atoms with Crippen LogP contribution in [0.25, 0.3) is 0 Å². The van der Waals surface area contributed by atoms with Crippen LogP contribution in [-0.4, -0.2) is 0 Å². The van der Waals surface area contributed by atoms with E-state index < -0.39 is 0 Å².